The van der Waals surface area contributed by atoms with Crippen molar-refractivity contribution >= 4 is 40.1 Å². The molecular weight excluding hydrogens is 533 g/mol. The molecule has 0 spiro atoms. The van der Waals surface area contributed by atoms with Gasteiger partial charge in [0.05, 0.1) is 35.6 Å². The number of piperidine rings is 1. The molecule has 1 aliphatic heterocycles. The molecule has 38 heavy (non-hydrogen) atoms. The van der Waals surface area contributed by atoms with E-state index in [0.717, 1.165) is 0 Å². The van der Waals surface area contributed by atoms with E-state index in [0.29, 0.717) is 66.7 Å². The Balaban J connectivity index is 1.43. The molecule has 0 amide bonds. The van der Waals surface area contributed by atoms with Crippen LogP contribution in [0.15, 0.2) is 42.6 Å². The monoisotopic (exact) mass is 560 g/mol. The predicted molar refractivity (Wildman–Crippen MR) is 145 cm³/mol. The van der Waals surface area contributed by atoms with E-state index in [1.54, 1.807) is 24.3 Å². The molecule has 4 rings (SSSR count). The van der Waals surface area contributed by atoms with Crippen LogP contribution in [0.3, 0.4) is 0 Å². The highest BCUT2D eigenvalue weighted by Crippen LogP contribution is 2.44. The van der Waals surface area contributed by atoms with E-state index in [-0.39, 0.29) is 22.9 Å². The van der Waals surface area contributed by atoms with Crippen molar-refractivity contribution in [3.8, 4) is 17.6 Å². The van der Waals surface area contributed by atoms with E-state index in [9.17, 15) is 14.3 Å². The fourth-order valence-corrected chi connectivity index (χ4v) is 5.53. The molecule has 9 heteroatoms. The van der Waals surface area contributed by atoms with Gasteiger partial charge in [0.25, 0.3) is 0 Å². The molecule has 0 aliphatic carbocycles. The third-order valence-corrected chi connectivity index (χ3v) is 7.82. The molecule has 200 valence electrons. The average Bonchev–Trinajstić information content (AvgIpc) is 2.89. The van der Waals surface area contributed by atoms with Gasteiger partial charge in [-0.2, -0.15) is 0 Å². The molecule has 1 saturated heterocycles. The summed E-state index contributed by atoms with van der Waals surface area (Å²) in [5, 5.41) is 10.7. The maximum Gasteiger partial charge on any atom is 0.303 e. The van der Waals surface area contributed by atoms with Crippen LogP contribution >= 0.6 is 23.2 Å². The number of carboxylic acids is 1. The summed E-state index contributed by atoms with van der Waals surface area (Å²) in [7, 11) is 1.54. The van der Waals surface area contributed by atoms with Crippen LogP contribution in [-0.4, -0.2) is 47.7 Å². The molecule has 2 aromatic carbocycles. The minimum Gasteiger partial charge on any atom is -0.497 e. The number of carboxylic acid groups (broad SMARTS) is 1. The number of alkyl halides is 1. The van der Waals surface area contributed by atoms with Crippen LogP contribution in [0.1, 0.15) is 49.4 Å². The second kappa shape index (κ2) is 12.3. The number of fused-ring (bicyclic) bond motifs is 1. The second-order valence-corrected chi connectivity index (χ2v) is 10.5. The second-order valence-electron chi connectivity index (χ2n) is 9.68. The fourth-order valence-electron chi connectivity index (χ4n) is 5.05. The smallest absolute Gasteiger partial charge is 0.303 e. The normalized spacial score (nSPS) is 16.0. The zero-order valence-corrected chi connectivity index (χ0v) is 22.5. The Kier molecular flexibility index (Phi) is 9.09. The molecule has 1 unspecified atom stereocenters. The zero-order valence-electron chi connectivity index (χ0n) is 20.9. The third kappa shape index (κ3) is 6.74. The summed E-state index contributed by atoms with van der Waals surface area (Å²) in [5.74, 6) is 5.30. The number of carbonyl (C=O) groups is 1. The first-order valence-electron chi connectivity index (χ1n) is 12.3. The average molecular weight is 561 g/mol. The number of hydrogen-bond donors (Lipinski definition) is 1. The van der Waals surface area contributed by atoms with Crippen LogP contribution in [0.5, 0.6) is 5.75 Å². The molecule has 5 nitrogen and oxygen atoms in total. The van der Waals surface area contributed by atoms with Crippen LogP contribution < -0.4 is 4.74 Å². The van der Waals surface area contributed by atoms with Crippen molar-refractivity contribution in [1.29, 1.82) is 0 Å². The van der Waals surface area contributed by atoms with E-state index in [1.165, 1.54) is 25.4 Å². The maximum absolute atomic E-state index is 15.7. The summed E-state index contributed by atoms with van der Waals surface area (Å²) in [5.41, 5.74) is 1.00. The predicted octanol–water partition coefficient (Wildman–Crippen LogP) is 7.09. The molecule has 2 heterocycles. The Hall–Kier alpha value is -2.92. The molecule has 1 N–H and O–H groups in total. The molecule has 0 radical (unpaired) electrons. The highest BCUT2D eigenvalue weighted by atomic mass is 35.5. The first-order valence-corrected chi connectivity index (χ1v) is 13.1. The van der Waals surface area contributed by atoms with Gasteiger partial charge in [-0.1, -0.05) is 35.0 Å². The number of halogens is 4. The van der Waals surface area contributed by atoms with Gasteiger partial charge < -0.3 is 9.84 Å². The largest absolute Gasteiger partial charge is 0.497 e. The van der Waals surface area contributed by atoms with Crippen LogP contribution in [-0.2, 0) is 4.79 Å². The van der Waals surface area contributed by atoms with Crippen LogP contribution in [0.2, 0.25) is 10.0 Å². The first-order chi connectivity index (χ1) is 18.2. The lowest BCUT2D eigenvalue weighted by Crippen LogP contribution is -2.41. The molecule has 0 saturated carbocycles. The minimum atomic E-state index is -1.38. The number of likely N-dealkylation sites (tertiary alicyclic amines) is 1. The molecule has 1 atom stereocenters. The lowest BCUT2D eigenvalue weighted by atomic mass is 9.71. The number of methoxy groups -OCH3 is 1. The highest BCUT2D eigenvalue weighted by molar-refractivity contribution is 6.32. The molecule has 0 bridgehead atoms. The lowest BCUT2D eigenvalue weighted by Gasteiger charge is -2.41. The van der Waals surface area contributed by atoms with Gasteiger partial charge in [0.15, 0.2) is 0 Å². The molecular formula is C29H28Cl2F2N2O3. The Morgan fingerprint density at radius 3 is 2.66 bits per heavy atom. The van der Waals surface area contributed by atoms with Gasteiger partial charge in [0.1, 0.15) is 17.7 Å². The Morgan fingerprint density at radius 2 is 1.97 bits per heavy atom. The SMILES string of the molecule is COc1ccc2ncc(Cl)c(C(F)CCC3(CC(=O)O)CCN(CC#Cc4ccc(F)cc4Cl)CC3)c2c1. The Bertz CT molecular complexity index is 1380. The van der Waals surface area contributed by atoms with E-state index in [1.807, 2.05) is 0 Å². The van der Waals surface area contributed by atoms with Crippen molar-refractivity contribution in [2.75, 3.05) is 26.7 Å². The molecule has 3 aromatic rings. The minimum absolute atomic E-state index is 0.0247. The van der Waals surface area contributed by atoms with E-state index in [2.05, 4.69) is 21.7 Å². The summed E-state index contributed by atoms with van der Waals surface area (Å²) in [6.45, 7) is 1.77. The fraction of sp³-hybridized carbons (Fsp3) is 0.379. The maximum atomic E-state index is 15.7. The van der Waals surface area contributed by atoms with Crippen molar-refractivity contribution in [3.63, 3.8) is 0 Å². The van der Waals surface area contributed by atoms with E-state index in [4.69, 9.17) is 27.9 Å². The third-order valence-electron chi connectivity index (χ3n) is 7.21. The van der Waals surface area contributed by atoms with Crippen LogP contribution in [0.4, 0.5) is 8.78 Å². The summed E-state index contributed by atoms with van der Waals surface area (Å²) in [6.07, 6.45) is 1.83. The lowest BCUT2D eigenvalue weighted by molar-refractivity contribution is -0.141. The standard InChI is InChI=1S/C29H28Cl2F2N2O3/c1-38-21-6-7-26-22(16-21)28(24(31)18-34-26)25(33)8-9-29(17-27(36)37)10-13-35(14-11-29)12-2-3-19-4-5-20(32)15-23(19)30/h4-7,15-16,18,25H,8-14,17H2,1H3,(H,36,37). The van der Waals surface area contributed by atoms with Gasteiger partial charge in [-0.05, 0) is 80.6 Å². The summed E-state index contributed by atoms with van der Waals surface area (Å²) < 4.78 is 34.2. The van der Waals surface area contributed by atoms with E-state index < -0.39 is 23.4 Å². The van der Waals surface area contributed by atoms with Gasteiger partial charge >= 0.3 is 5.97 Å². The van der Waals surface area contributed by atoms with Crippen molar-refractivity contribution in [2.45, 2.75) is 38.3 Å². The Labute approximate surface area is 230 Å². The number of hydrogen-bond acceptors (Lipinski definition) is 4. The summed E-state index contributed by atoms with van der Waals surface area (Å²) in [4.78, 5) is 18.2. The molecule has 1 aromatic heterocycles. The number of aromatic nitrogens is 1. The number of aliphatic carboxylic acids is 1. The summed E-state index contributed by atoms with van der Waals surface area (Å²) in [6, 6.07) is 9.32. The quantitative estimate of drug-likeness (QED) is 0.298. The number of pyridine rings is 1. The van der Waals surface area contributed by atoms with Gasteiger partial charge in [0, 0.05) is 22.7 Å². The van der Waals surface area contributed by atoms with Gasteiger partial charge in [-0.15, -0.1) is 0 Å². The van der Waals surface area contributed by atoms with Crippen LogP contribution in [0.25, 0.3) is 10.9 Å². The highest BCUT2D eigenvalue weighted by Gasteiger charge is 2.37. The van der Waals surface area contributed by atoms with Crippen molar-refractivity contribution < 1.29 is 23.4 Å². The summed E-state index contributed by atoms with van der Waals surface area (Å²) >= 11 is 12.4. The van der Waals surface area contributed by atoms with Crippen molar-refractivity contribution in [2.24, 2.45) is 5.41 Å². The number of rotatable bonds is 8. The number of ether oxygens (including phenoxy) is 1. The number of nitrogens with zero attached hydrogens (tertiary/aromatic N) is 2. The van der Waals surface area contributed by atoms with Crippen molar-refractivity contribution in [3.05, 3.63) is 69.6 Å². The Morgan fingerprint density at radius 1 is 1.21 bits per heavy atom. The first kappa shape index (κ1) is 28.1. The van der Waals surface area contributed by atoms with Crippen LogP contribution in [0, 0.1) is 23.1 Å². The van der Waals surface area contributed by atoms with Crippen molar-refractivity contribution in [1.82, 2.24) is 9.88 Å². The molecule has 1 fully saturated rings. The topological polar surface area (TPSA) is 62.7 Å². The van der Waals surface area contributed by atoms with E-state index >= 15 is 4.39 Å². The molecule has 1 aliphatic rings. The van der Waals surface area contributed by atoms with Gasteiger partial charge in [-0.3, -0.25) is 14.7 Å². The van der Waals surface area contributed by atoms with Gasteiger partial charge in [-0.25, -0.2) is 8.78 Å². The zero-order chi connectivity index (χ0) is 27.3. The number of benzene rings is 2. The van der Waals surface area contributed by atoms with Gasteiger partial charge in [0.2, 0.25) is 0 Å².